The maximum Gasteiger partial charge on any atom is 0.0644 e. The Bertz CT molecular complexity index is 529. The number of aliphatic hydroxyl groups is 3. The molecule has 0 aromatic carbocycles. The summed E-state index contributed by atoms with van der Waals surface area (Å²) in [6.07, 6.45) is 9.78. The molecule has 3 heteroatoms. The molecule has 0 aromatic rings. The van der Waals surface area contributed by atoms with E-state index in [2.05, 4.69) is 19.9 Å². The van der Waals surface area contributed by atoms with Crippen molar-refractivity contribution in [3.63, 3.8) is 0 Å². The summed E-state index contributed by atoms with van der Waals surface area (Å²) in [4.78, 5) is 0. The van der Waals surface area contributed by atoms with Gasteiger partial charge in [-0.15, -0.1) is 0 Å². The number of allylic oxidation sites excluding steroid dienone is 1. The van der Waals surface area contributed by atoms with Crippen LogP contribution >= 0.6 is 0 Å². The van der Waals surface area contributed by atoms with Crippen LogP contribution in [0.25, 0.3) is 0 Å². The van der Waals surface area contributed by atoms with E-state index in [0.717, 1.165) is 31.6 Å². The predicted molar refractivity (Wildman–Crippen MR) is 89.7 cm³/mol. The van der Waals surface area contributed by atoms with Crippen LogP contribution in [-0.2, 0) is 0 Å². The molecule has 0 saturated heterocycles. The SMILES string of the molecule is C[C@@]1(CO)[C@H](O)CC[C@@]2(C)[C@H]1CC[C@H]1C[C@@H]3C[C@@]12CC=C3CO. The summed E-state index contributed by atoms with van der Waals surface area (Å²) in [7, 11) is 0. The zero-order chi connectivity index (χ0) is 16.5. The molecule has 1 spiro atoms. The number of hydrogen-bond donors (Lipinski definition) is 3. The van der Waals surface area contributed by atoms with Gasteiger partial charge in [-0.2, -0.15) is 0 Å². The smallest absolute Gasteiger partial charge is 0.0644 e. The van der Waals surface area contributed by atoms with E-state index < -0.39 is 0 Å². The van der Waals surface area contributed by atoms with Crippen molar-refractivity contribution in [2.75, 3.05) is 13.2 Å². The summed E-state index contributed by atoms with van der Waals surface area (Å²) in [5.41, 5.74) is 1.45. The Morgan fingerprint density at radius 1 is 1.17 bits per heavy atom. The van der Waals surface area contributed by atoms with Crippen molar-refractivity contribution in [3.05, 3.63) is 11.6 Å². The molecular formula is C20H32O3. The summed E-state index contributed by atoms with van der Waals surface area (Å²) in [6.45, 7) is 4.89. The van der Waals surface area contributed by atoms with Gasteiger partial charge >= 0.3 is 0 Å². The van der Waals surface area contributed by atoms with Gasteiger partial charge in [-0.05, 0) is 79.1 Å². The van der Waals surface area contributed by atoms with Crippen LogP contribution in [0, 0.1) is 34.0 Å². The minimum atomic E-state index is -0.372. The maximum absolute atomic E-state index is 10.6. The Kier molecular flexibility index (Phi) is 3.54. The monoisotopic (exact) mass is 320 g/mol. The molecule has 0 radical (unpaired) electrons. The molecule has 23 heavy (non-hydrogen) atoms. The molecule has 4 rings (SSSR count). The molecule has 0 amide bonds. The lowest BCUT2D eigenvalue weighted by atomic mass is 9.39. The van der Waals surface area contributed by atoms with Gasteiger partial charge in [-0.1, -0.05) is 19.9 Å². The third-order valence-electron chi connectivity index (χ3n) is 8.94. The molecule has 7 atom stereocenters. The van der Waals surface area contributed by atoms with Crippen molar-refractivity contribution in [1.82, 2.24) is 0 Å². The Morgan fingerprint density at radius 2 is 1.96 bits per heavy atom. The van der Waals surface area contributed by atoms with Gasteiger partial charge in [-0.25, -0.2) is 0 Å². The zero-order valence-electron chi connectivity index (χ0n) is 14.6. The molecule has 3 nitrogen and oxygen atoms in total. The molecule has 3 fully saturated rings. The lowest BCUT2D eigenvalue weighted by Gasteiger charge is -2.65. The van der Waals surface area contributed by atoms with E-state index in [1.165, 1.54) is 24.8 Å². The highest BCUT2D eigenvalue weighted by Gasteiger charge is 2.67. The van der Waals surface area contributed by atoms with E-state index in [4.69, 9.17) is 0 Å². The standard InChI is InChI=1S/C20H32O3/c1-18(12-22)16-4-3-15-9-14-10-20(15,8-5-13(14)11-21)19(16,2)7-6-17(18)23/h5,14-17,21-23H,3-4,6-12H2,1-2H3/t14-,15+,16+,17-,18+,19+,20+/m1/s1. The van der Waals surface area contributed by atoms with Gasteiger partial charge in [0.15, 0.2) is 0 Å². The fraction of sp³-hybridized carbons (Fsp3) is 0.900. The normalized spacial score (nSPS) is 55.1. The van der Waals surface area contributed by atoms with E-state index in [1.807, 2.05) is 0 Å². The molecule has 0 heterocycles. The summed E-state index contributed by atoms with van der Waals surface area (Å²) in [5, 5.41) is 30.4. The maximum atomic E-state index is 10.6. The van der Waals surface area contributed by atoms with Crippen LogP contribution < -0.4 is 0 Å². The number of fused-ring (bicyclic) bond motifs is 2. The van der Waals surface area contributed by atoms with E-state index in [0.29, 0.717) is 17.3 Å². The number of rotatable bonds is 2. The van der Waals surface area contributed by atoms with Crippen LogP contribution in [0.5, 0.6) is 0 Å². The van der Waals surface area contributed by atoms with E-state index in [9.17, 15) is 15.3 Å². The van der Waals surface area contributed by atoms with Gasteiger partial charge in [-0.3, -0.25) is 0 Å². The Balaban J connectivity index is 1.77. The lowest BCUT2D eigenvalue weighted by molar-refractivity contribution is -0.202. The lowest BCUT2D eigenvalue weighted by Crippen LogP contribution is -2.62. The van der Waals surface area contributed by atoms with Crippen LogP contribution in [-0.4, -0.2) is 34.6 Å². The largest absolute Gasteiger partial charge is 0.396 e. The highest BCUT2D eigenvalue weighted by Crippen LogP contribution is 2.74. The molecule has 0 aromatic heterocycles. The Morgan fingerprint density at radius 3 is 2.65 bits per heavy atom. The first-order valence-corrected chi connectivity index (χ1v) is 9.50. The summed E-state index contributed by atoms with van der Waals surface area (Å²) < 4.78 is 0. The van der Waals surface area contributed by atoms with Gasteiger partial charge in [0.05, 0.1) is 19.3 Å². The first-order valence-electron chi connectivity index (χ1n) is 9.50. The van der Waals surface area contributed by atoms with Crippen molar-refractivity contribution < 1.29 is 15.3 Å². The van der Waals surface area contributed by atoms with Gasteiger partial charge in [0.1, 0.15) is 0 Å². The molecular weight excluding hydrogens is 288 g/mol. The molecule has 0 unspecified atom stereocenters. The molecule has 3 N–H and O–H groups in total. The van der Waals surface area contributed by atoms with E-state index in [1.54, 1.807) is 0 Å². The molecule has 4 aliphatic carbocycles. The first kappa shape index (κ1) is 16.1. The fourth-order valence-corrected chi connectivity index (χ4v) is 7.52. The quantitative estimate of drug-likeness (QED) is 0.686. The van der Waals surface area contributed by atoms with Crippen LogP contribution in [0.4, 0.5) is 0 Å². The number of aliphatic hydroxyl groups excluding tert-OH is 3. The molecule has 4 aliphatic rings. The van der Waals surface area contributed by atoms with Crippen molar-refractivity contribution in [3.8, 4) is 0 Å². The summed E-state index contributed by atoms with van der Waals surface area (Å²) >= 11 is 0. The number of hydrogen-bond acceptors (Lipinski definition) is 3. The van der Waals surface area contributed by atoms with E-state index >= 15 is 0 Å². The van der Waals surface area contributed by atoms with Crippen LogP contribution in [0.15, 0.2) is 11.6 Å². The Hall–Kier alpha value is -0.380. The first-order chi connectivity index (χ1) is 10.9. The highest BCUT2D eigenvalue weighted by molar-refractivity contribution is 5.26. The minimum absolute atomic E-state index is 0.0936. The predicted octanol–water partition coefficient (Wildman–Crippen LogP) is 2.89. The fourth-order valence-electron chi connectivity index (χ4n) is 7.52. The minimum Gasteiger partial charge on any atom is -0.396 e. The van der Waals surface area contributed by atoms with Crippen LogP contribution in [0.3, 0.4) is 0 Å². The topological polar surface area (TPSA) is 60.7 Å². The van der Waals surface area contributed by atoms with Gasteiger partial charge in [0.2, 0.25) is 0 Å². The van der Waals surface area contributed by atoms with Crippen LogP contribution in [0.2, 0.25) is 0 Å². The summed E-state index contributed by atoms with van der Waals surface area (Å²) in [6, 6.07) is 0. The highest BCUT2D eigenvalue weighted by atomic mass is 16.3. The zero-order valence-corrected chi connectivity index (χ0v) is 14.6. The molecule has 2 bridgehead atoms. The second-order valence-electron chi connectivity index (χ2n) is 9.40. The second kappa shape index (κ2) is 5.06. The molecule has 130 valence electrons. The Labute approximate surface area is 139 Å². The van der Waals surface area contributed by atoms with Crippen molar-refractivity contribution in [1.29, 1.82) is 0 Å². The average Bonchev–Trinajstić information content (AvgIpc) is 2.86. The van der Waals surface area contributed by atoms with Crippen molar-refractivity contribution >= 4 is 0 Å². The van der Waals surface area contributed by atoms with Gasteiger partial charge in [0, 0.05) is 5.41 Å². The second-order valence-corrected chi connectivity index (χ2v) is 9.40. The van der Waals surface area contributed by atoms with Gasteiger partial charge < -0.3 is 15.3 Å². The third kappa shape index (κ3) is 1.82. The third-order valence-corrected chi connectivity index (χ3v) is 8.94. The van der Waals surface area contributed by atoms with Crippen molar-refractivity contribution in [2.45, 2.75) is 64.9 Å². The van der Waals surface area contributed by atoms with Crippen molar-refractivity contribution in [2.24, 2.45) is 34.0 Å². The van der Waals surface area contributed by atoms with Gasteiger partial charge in [0.25, 0.3) is 0 Å². The molecule has 3 saturated carbocycles. The molecule has 0 aliphatic heterocycles. The summed E-state index contributed by atoms with van der Waals surface area (Å²) in [5.74, 6) is 1.73. The van der Waals surface area contributed by atoms with Crippen LogP contribution in [0.1, 0.15) is 58.8 Å². The van der Waals surface area contributed by atoms with E-state index in [-0.39, 0.29) is 30.1 Å². The average molecular weight is 320 g/mol.